The van der Waals surface area contributed by atoms with Crippen LogP contribution in [0.15, 0.2) is 24.3 Å². The van der Waals surface area contributed by atoms with Gasteiger partial charge in [0, 0.05) is 21.2 Å². The summed E-state index contributed by atoms with van der Waals surface area (Å²) >= 11 is 2.20. The lowest BCUT2D eigenvalue weighted by atomic mass is 9.90. The highest BCUT2D eigenvalue weighted by Gasteiger charge is 2.26. The fourth-order valence-corrected chi connectivity index (χ4v) is 2.61. The molecule has 0 bridgehead atoms. The molecule has 1 atom stereocenters. The number of carbonyl (C=O) groups is 1. The molecule has 1 rings (SSSR count). The number of halogens is 2. The van der Waals surface area contributed by atoms with Crippen molar-refractivity contribution in [2.24, 2.45) is 11.7 Å². The summed E-state index contributed by atoms with van der Waals surface area (Å²) in [5, 5.41) is 3.05. The van der Waals surface area contributed by atoms with Gasteiger partial charge in [-0.15, -0.1) is 12.4 Å². The average molecular weight is 397 g/mol. The minimum absolute atomic E-state index is 0. The number of nitrogens with two attached hydrogens (primary N) is 1. The topological polar surface area (TPSA) is 55.1 Å². The molecule has 0 saturated heterocycles. The Hall–Kier alpha value is -0.330. The van der Waals surface area contributed by atoms with E-state index in [9.17, 15) is 4.79 Å². The Morgan fingerprint density at radius 3 is 2.58 bits per heavy atom. The molecule has 19 heavy (non-hydrogen) atoms. The smallest absolute Gasteiger partial charge is 0.251 e. The van der Waals surface area contributed by atoms with E-state index in [1.54, 1.807) is 0 Å². The highest BCUT2D eigenvalue weighted by molar-refractivity contribution is 14.1. The fraction of sp³-hybridized carbons (Fsp3) is 0.500. The maximum absolute atomic E-state index is 12.2. The molecule has 0 aliphatic heterocycles. The average Bonchev–Trinajstić information content (AvgIpc) is 2.27. The van der Waals surface area contributed by atoms with E-state index in [1.807, 2.05) is 31.2 Å². The number of hydrogen-bond donors (Lipinski definition) is 2. The van der Waals surface area contributed by atoms with Crippen molar-refractivity contribution in [1.82, 2.24) is 5.32 Å². The van der Waals surface area contributed by atoms with Crippen molar-refractivity contribution >= 4 is 40.9 Å². The molecule has 3 N–H and O–H groups in total. The maximum atomic E-state index is 12.2. The summed E-state index contributed by atoms with van der Waals surface area (Å²) in [5.41, 5.74) is 6.14. The molecule has 1 aromatic rings. The van der Waals surface area contributed by atoms with E-state index in [0.29, 0.717) is 18.0 Å². The number of hydrogen-bond acceptors (Lipinski definition) is 2. The van der Waals surface area contributed by atoms with Gasteiger partial charge >= 0.3 is 0 Å². The van der Waals surface area contributed by atoms with Crippen LogP contribution < -0.4 is 11.1 Å². The predicted octanol–water partition coefficient (Wildman–Crippen LogP) is 3.21. The third-order valence-corrected chi connectivity index (χ3v) is 3.48. The molecule has 0 fully saturated rings. The van der Waals surface area contributed by atoms with Gasteiger partial charge in [-0.3, -0.25) is 4.79 Å². The van der Waals surface area contributed by atoms with Gasteiger partial charge in [0.05, 0.1) is 0 Å². The molecular formula is C14H22ClIN2O. The van der Waals surface area contributed by atoms with Crippen LogP contribution in [0.2, 0.25) is 0 Å². The van der Waals surface area contributed by atoms with Crippen molar-refractivity contribution in [2.75, 3.05) is 6.54 Å². The van der Waals surface area contributed by atoms with Crippen molar-refractivity contribution < 1.29 is 4.79 Å². The lowest BCUT2D eigenvalue weighted by Crippen LogP contribution is -2.52. The van der Waals surface area contributed by atoms with E-state index in [-0.39, 0.29) is 23.9 Å². The molecule has 0 aromatic heterocycles. The predicted molar refractivity (Wildman–Crippen MR) is 90.8 cm³/mol. The van der Waals surface area contributed by atoms with Crippen LogP contribution in [-0.4, -0.2) is 18.0 Å². The molecule has 108 valence electrons. The van der Waals surface area contributed by atoms with E-state index in [4.69, 9.17) is 5.73 Å². The summed E-state index contributed by atoms with van der Waals surface area (Å²) in [5.74, 6) is 0.442. The van der Waals surface area contributed by atoms with Crippen LogP contribution in [0.25, 0.3) is 0 Å². The third kappa shape index (κ3) is 6.10. The number of nitrogens with one attached hydrogen (secondary N) is 1. The van der Waals surface area contributed by atoms with Gasteiger partial charge in [-0.25, -0.2) is 0 Å². The number of benzene rings is 1. The molecular weight excluding hydrogens is 375 g/mol. The van der Waals surface area contributed by atoms with Crippen molar-refractivity contribution in [1.29, 1.82) is 0 Å². The second kappa shape index (κ2) is 8.07. The van der Waals surface area contributed by atoms with Crippen molar-refractivity contribution in [3.05, 3.63) is 33.4 Å². The summed E-state index contributed by atoms with van der Waals surface area (Å²) < 4.78 is 1.05. The Labute approximate surface area is 135 Å². The van der Waals surface area contributed by atoms with Crippen molar-refractivity contribution in [3.63, 3.8) is 0 Å². The first-order chi connectivity index (χ1) is 8.36. The minimum atomic E-state index is -0.341. The molecule has 5 heteroatoms. The van der Waals surface area contributed by atoms with Gasteiger partial charge in [0.15, 0.2) is 0 Å². The molecule has 1 unspecified atom stereocenters. The van der Waals surface area contributed by atoms with Crippen LogP contribution in [0, 0.1) is 9.49 Å². The molecule has 0 aliphatic carbocycles. The van der Waals surface area contributed by atoms with Crippen molar-refractivity contribution in [3.8, 4) is 0 Å². The lowest BCUT2D eigenvalue weighted by molar-refractivity contribution is 0.0898. The lowest BCUT2D eigenvalue weighted by Gasteiger charge is -2.31. The first-order valence-corrected chi connectivity index (χ1v) is 7.22. The monoisotopic (exact) mass is 396 g/mol. The minimum Gasteiger partial charge on any atom is -0.346 e. The van der Waals surface area contributed by atoms with Gasteiger partial charge in [-0.2, -0.15) is 0 Å². The van der Waals surface area contributed by atoms with Crippen LogP contribution in [-0.2, 0) is 0 Å². The van der Waals surface area contributed by atoms with E-state index >= 15 is 0 Å². The van der Waals surface area contributed by atoms with E-state index in [0.717, 1.165) is 9.99 Å². The first kappa shape index (κ1) is 18.7. The number of rotatable bonds is 5. The molecule has 1 aromatic carbocycles. The molecule has 0 heterocycles. The Morgan fingerprint density at radius 1 is 1.47 bits per heavy atom. The summed E-state index contributed by atoms with van der Waals surface area (Å²) in [4.78, 5) is 12.2. The molecule has 0 spiro atoms. The molecule has 0 radical (unpaired) electrons. The zero-order chi connectivity index (χ0) is 13.8. The fourth-order valence-electron chi connectivity index (χ4n) is 2.06. The van der Waals surface area contributed by atoms with Crippen LogP contribution in [0.5, 0.6) is 0 Å². The summed E-state index contributed by atoms with van der Waals surface area (Å²) in [6.45, 7) is 6.71. The Bertz CT molecular complexity index is 426. The van der Waals surface area contributed by atoms with E-state index in [1.165, 1.54) is 0 Å². The van der Waals surface area contributed by atoms with E-state index in [2.05, 4.69) is 41.8 Å². The molecule has 1 amide bonds. The quantitative estimate of drug-likeness (QED) is 0.751. The summed E-state index contributed by atoms with van der Waals surface area (Å²) in [6.07, 6.45) is 0.874. The summed E-state index contributed by atoms with van der Waals surface area (Å²) in [6, 6.07) is 7.55. The number of amides is 1. The van der Waals surface area contributed by atoms with Gasteiger partial charge in [0.25, 0.3) is 5.91 Å². The Kier molecular flexibility index (Phi) is 7.93. The highest BCUT2D eigenvalue weighted by Crippen LogP contribution is 2.16. The van der Waals surface area contributed by atoms with Gasteiger partial charge < -0.3 is 11.1 Å². The zero-order valence-corrected chi connectivity index (χ0v) is 14.5. The van der Waals surface area contributed by atoms with Crippen LogP contribution in [0.4, 0.5) is 0 Å². The van der Waals surface area contributed by atoms with Gasteiger partial charge in [0.2, 0.25) is 0 Å². The standard InChI is InChI=1S/C14H21IN2O.ClH/c1-10(2)8-14(3,9-16)17-13(18)11-5-4-6-12(15)7-11;/h4-7,10H,8-9,16H2,1-3H3,(H,17,18);1H. The number of carbonyl (C=O) groups excluding carboxylic acids is 1. The van der Waals surface area contributed by atoms with E-state index < -0.39 is 0 Å². The molecule has 0 saturated carbocycles. The largest absolute Gasteiger partial charge is 0.346 e. The zero-order valence-electron chi connectivity index (χ0n) is 11.6. The second-order valence-electron chi connectivity index (χ2n) is 5.33. The Balaban J connectivity index is 0.00000324. The third-order valence-electron chi connectivity index (χ3n) is 2.81. The molecule has 0 aliphatic rings. The normalized spacial score (nSPS) is 13.6. The van der Waals surface area contributed by atoms with Gasteiger partial charge in [0.1, 0.15) is 0 Å². The second-order valence-corrected chi connectivity index (χ2v) is 6.57. The van der Waals surface area contributed by atoms with Gasteiger partial charge in [-0.05, 0) is 60.1 Å². The highest BCUT2D eigenvalue weighted by atomic mass is 127. The SMILES string of the molecule is CC(C)CC(C)(CN)NC(=O)c1cccc(I)c1.Cl. The van der Waals surface area contributed by atoms with Crippen molar-refractivity contribution in [2.45, 2.75) is 32.7 Å². The summed E-state index contributed by atoms with van der Waals surface area (Å²) in [7, 11) is 0. The van der Waals surface area contributed by atoms with Crippen LogP contribution in [0.1, 0.15) is 37.6 Å². The molecule has 3 nitrogen and oxygen atoms in total. The van der Waals surface area contributed by atoms with Crippen LogP contribution >= 0.6 is 35.0 Å². The van der Waals surface area contributed by atoms with Gasteiger partial charge in [-0.1, -0.05) is 19.9 Å². The maximum Gasteiger partial charge on any atom is 0.251 e. The first-order valence-electron chi connectivity index (χ1n) is 6.14. The van der Waals surface area contributed by atoms with Crippen LogP contribution in [0.3, 0.4) is 0 Å². The Morgan fingerprint density at radius 2 is 2.11 bits per heavy atom.